The number of nitrogens with two attached hydrogens (primary N) is 2. The standard InChI is InChI=1S/C8H17N3O/c1-6-8(10,7(9)12)4-3-5-11(6)2/h6H,3-5,10H2,1-2H3,(H2,9,12). The molecule has 0 aromatic carbocycles. The zero-order chi connectivity index (χ0) is 9.35. The second-order valence-corrected chi connectivity index (χ2v) is 3.66. The van der Waals surface area contributed by atoms with Crippen molar-refractivity contribution in [1.82, 2.24) is 4.90 Å². The van der Waals surface area contributed by atoms with E-state index in [2.05, 4.69) is 4.90 Å². The Morgan fingerprint density at radius 3 is 2.67 bits per heavy atom. The van der Waals surface area contributed by atoms with Crippen LogP contribution in [0.15, 0.2) is 0 Å². The van der Waals surface area contributed by atoms with Gasteiger partial charge in [0.25, 0.3) is 0 Å². The molecule has 1 fully saturated rings. The average Bonchev–Trinajstić information content (AvgIpc) is 2.00. The Balaban J connectivity index is 2.81. The van der Waals surface area contributed by atoms with E-state index >= 15 is 0 Å². The molecule has 1 rings (SSSR count). The first-order valence-corrected chi connectivity index (χ1v) is 4.27. The van der Waals surface area contributed by atoms with E-state index < -0.39 is 5.54 Å². The fourth-order valence-corrected chi connectivity index (χ4v) is 1.75. The molecule has 1 aliphatic heterocycles. The topological polar surface area (TPSA) is 72.3 Å². The van der Waals surface area contributed by atoms with E-state index in [1.54, 1.807) is 0 Å². The Morgan fingerprint density at radius 2 is 2.25 bits per heavy atom. The fraction of sp³-hybridized carbons (Fsp3) is 0.875. The van der Waals surface area contributed by atoms with Crippen LogP contribution in [0.2, 0.25) is 0 Å². The molecule has 1 heterocycles. The van der Waals surface area contributed by atoms with Crippen molar-refractivity contribution in [3.63, 3.8) is 0 Å². The molecule has 1 amide bonds. The summed E-state index contributed by atoms with van der Waals surface area (Å²) in [5.74, 6) is -0.387. The van der Waals surface area contributed by atoms with Crippen molar-refractivity contribution in [2.45, 2.75) is 31.3 Å². The second kappa shape index (κ2) is 3.03. The third kappa shape index (κ3) is 1.32. The van der Waals surface area contributed by atoms with Gasteiger partial charge in [-0.15, -0.1) is 0 Å². The van der Waals surface area contributed by atoms with Gasteiger partial charge in [0.05, 0.1) is 0 Å². The summed E-state index contributed by atoms with van der Waals surface area (Å²) >= 11 is 0. The summed E-state index contributed by atoms with van der Waals surface area (Å²) in [5, 5.41) is 0. The molecule has 4 nitrogen and oxygen atoms in total. The smallest absolute Gasteiger partial charge is 0.239 e. The highest BCUT2D eigenvalue weighted by Gasteiger charge is 2.42. The van der Waals surface area contributed by atoms with Gasteiger partial charge in [0.15, 0.2) is 0 Å². The van der Waals surface area contributed by atoms with Crippen molar-refractivity contribution in [1.29, 1.82) is 0 Å². The molecular formula is C8H17N3O. The molecule has 0 aromatic heterocycles. The van der Waals surface area contributed by atoms with Crippen molar-refractivity contribution in [3.05, 3.63) is 0 Å². The van der Waals surface area contributed by atoms with Gasteiger partial charge in [-0.1, -0.05) is 0 Å². The summed E-state index contributed by atoms with van der Waals surface area (Å²) in [6.45, 7) is 2.94. The molecular weight excluding hydrogens is 154 g/mol. The largest absolute Gasteiger partial charge is 0.368 e. The van der Waals surface area contributed by atoms with E-state index in [0.717, 1.165) is 13.0 Å². The minimum Gasteiger partial charge on any atom is -0.368 e. The van der Waals surface area contributed by atoms with Crippen molar-refractivity contribution < 1.29 is 4.79 Å². The quantitative estimate of drug-likeness (QED) is 0.547. The van der Waals surface area contributed by atoms with E-state index in [4.69, 9.17) is 11.5 Å². The molecule has 4 N–H and O–H groups in total. The van der Waals surface area contributed by atoms with Gasteiger partial charge in [0, 0.05) is 6.04 Å². The van der Waals surface area contributed by atoms with Crippen molar-refractivity contribution >= 4 is 5.91 Å². The van der Waals surface area contributed by atoms with Crippen molar-refractivity contribution in [3.8, 4) is 0 Å². The highest BCUT2D eigenvalue weighted by molar-refractivity contribution is 5.85. The fourth-order valence-electron chi connectivity index (χ4n) is 1.75. The van der Waals surface area contributed by atoms with Crippen LogP contribution in [0, 0.1) is 0 Å². The number of amides is 1. The minimum atomic E-state index is -0.826. The normalized spacial score (nSPS) is 38.1. The number of likely N-dealkylation sites (N-methyl/N-ethyl adjacent to an activating group) is 1. The van der Waals surface area contributed by atoms with Crippen LogP contribution in [0.3, 0.4) is 0 Å². The Bertz CT molecular complexity index is 195. The van der Waals surface area contributed by atoms with E-state index in [9.17, 15) is 4.79 Å². The maximum Gasteiger partial charge on any atom is 0.239 e. The van der Waals surface area contributed by atoms with Gasteiger partial charge in [0.1, 0.15) is 5.54 Å². The van der Waals surface area contributed by atoms with Gasteiger partial charge in [-0.2, -0.15) is 0 Å². The predicted molar refractivity (Wildman–Crippen MR) is 47.4 cm³/mol. The zero-order valence-corrected chi connectivity index (χ0v) is 7.71. The Labute approximate surface area is 72.9 Å². The van der Waals surface area contributed by atoms with E-state index in [1.165, 1.54) is 0 Å². The van der Waals surface area contributed by atoms with E-state index in [0.29, 0.717) is 6.42 Å². The number of primary amides is 1. The van der Waals surface area contributed by atoms with E-state index in [-0.39, 0.29) is 11.9 Å². The molecule has 2 unspecified atom stereocenters. The average molecular weight is 171 g/mol. The highest BCUT2D eigenvalue weighted by atomic mass is 16.1. The molecule has 4 heteroatoms. The van der Waals surface area contributed by atoms with Gasteiger partial charge in [-0.25, -0.2) is 0 Å². The third-order valence-corrected chi connectivity index (χ3v) is 2.97. The number of hydrogen-bond acceptors (Lipinski definition) is 3. The SMILES string of the molecule is CC1N(C)CCCC1(N)C(N)=O. The number of rotatable bonds is 1. The van der Waals surface area contributed by atoms with Crippen LogP contribution in [0.1, 0.15) is 19.8 Å². The molecule has 1 saturated heterocycles. The molecule has 70 valence electrons. The van der Waals surface area contributed by atoms with Crippen LogP contribution in [0.5, 0.6) is 0 Å². The molecule has 0 aromatic rings. The summed E-state index contributed by atoms with van der Waals surface area (Å²) < 4.78 is 0. The summed E-state index contributed by atoms with van der Waals surface area (Å²) in [6, 6.07) is 0.0451. The van der Waals surface area contributed by atoms with Crippen LogP contribution >= 0.6 is 0 Å². The van der Waals surface area contributed by atoms with Gasteiger partial charge < -0.3 is 16.4 Å². The molecule has 0 saturated carbocycles. The molecule has 1 aliphatic rings. The van der Waals surface area contributed by atoms with Crippen LogP contribution in [0.25, 0.3) is 0 Å². The molecule has 12 heavy (non-hydrogen) atoms. The van der Waals surface area contributed by atoms with Crippen LogP contribution in [-0.2, 0) is 4.79 Å². The number of piperidine rings is 1. The first-order valence-electron chi connectivity index (χ1n) is 4.27. The van der Waals surface area contributed by atoms with Crippen LogP contribution in [-0.4, -0.2) is 36.0 Å². The maximum atomic E-state index is 11.1. The number of carbonyl (C=O) groups is 1. The second-order valence-electron chi connectivity index (χ2n) is 3.66. The molecule has 2 atom stereocenters. The van der Waals surface area contributed by atoms with Gasteiger partial charge in [0.2, 0.25) is 5.91 Å². The lowest BCUT2D eigenvalue weighted by Crippen LogP contribution is -2.66. The van der Waals surface area contributed by atoms with Crippen LogP contribution in [0.4, 0.5) is 0 Å². The van der Waals surface area contributed by atoms with Gasteiger partial charge in [-0.05, 0) is 33.4 Å². The first kappa shape index (κ1) is 9.48. The Morgan fingerprint density at radius 1 is 1.67 bits per heavy atom. The molecule has 0 radical (unpaired) electrons. The molecule has 0 bridgehead atoms. The summed E-state index contributed by atoms with van der Waals surface area (Å²) in [5.41, 5.74) is 10.4. The molecule has 0 aliphatic carbocycles. The summed E-state index contributed by atoms with van der Waals surface area (Å²) in [7, 11) is 1.97. The lowest BCUT2D eigenvalue weighted by atomic mass is 9.82. The zero-order valence-electron chi connectivity index (χ0n) is 7.71. The van der Waals surface area contributed by atoms with Crippen LogP contribution < -0.4 is 11.5 Å². The maximum absolute atomic E-state index is 11.1. The minimum absolute atomic E-state index is 0.0451. The first-order chi connectivity index (χ1) is 5.48. The Kier molecular flexibility index (Phi) is 2.39. The third-order valence-electron chi connectivity index (χ3n) is 2.97. The monoisotopic (exact) mass is 171 g/mol. The molecule has 0 spiro atoms. The Hall–Kier alpha value is -0.610. The van der Waals surface area contributed by atoms with Crippen molar-refractivity contribution in [2.24, 2.45) is 11.5 Å². The lowest BCUT2D eigenvalue weighted by Gasteiger charge is -2.42. The van der Waals surface area contributed by atoms with Crippen molar-refractivity contribution in [2.75, 3.05) is 13.6 Å². The summed E-state index contributed by atoms with van der Waals surface area (Å²) in [6.07, 6.45) is 1.65. The lowest BCUT2D eigenvalue weighted by molar-refractivity contribution is -0.126. The number of carbonyl (C=O) groups excluding carboxylic acids is 1. The van der Waals surface area contributed by atoms with E-state index in [1.807, 2.05) is 14.0 Å². The summed E-state index contributed by atoms with van der Waals surface area (Å²) in [4.78, 5) is 13.2. The van der Waals surface area contributed by atoms with Gasteiger partial charge >= 0.3 is 0 Å². The van der Waals surface area contributed by atoms with Gasteiger partial charge in [-0.3, -0.25) is 4.79 Å². The highest BCUT2D eigenvalue weighted by Crippen LogP contribution is 2.23. The number of nitrogens with zero attached hydrogens (tertiary/aromatic N) is 1. The predicted octanol–water partition coefficient (Wildman–Crippen LogP) is -0.717. The number of hydrogen-bond donors (Lipinski definition) is 2. The number of likely N-dealkylation sites (tertiary alicyclic amines) is 1.